The molecule has 1 aromatic heterocycles. The summed E-state index contributed by atoms with van der Waals surface area (Å²) in [6, 6.07) is 11.0. The zero-order valence-corrected chi connectivity index (χ0v) is 13.7. The number of nitrogens with zero attached hydrogens (tertiary/aromatic N) is 3. The Morgan fingerprint density at radius 3 is 2.13 bits per heavy atom. The first-order valence-electron chi connectivity index (χ1n) is 7.74. The van der Waals surface area contributed by atoms with Crippen molar-refractivity contribution in [3.8, 4) is 0 Å². The van der Waals surface area contributed by atoms with Crippen LogP contribution in [-0.2, 0) is 13.1 Å². The Kier molecular flexibility index (Phi) is 4.05. The van der Waals surface area contributed by atoms with Crippen molar-refractivity contribution in [2.24, 2.45) is 0 Å². The monoisotopic (exact) mass is 311 g/mol. The fourth-order valence-electron chi connectivity index (χ4n) is 2.93. The second-order valence-electron chi connectivity index (χ2n) is 6.16. The Hall–Kier alpha value is -2.40. The first-order valence-corrected chi connectivity index (χ1v) is 7.74. The molecule has 120 valence electrons. The number of benzene rings is 1. The standard InChI is InChI=1S/C18H21N3O2/c1-13-8-9-14(20(13)11-10-19(2)3)12-21-17(22)15-6-4-5-7-16(15)18(21)23/h4-9H,10-12H2,1-3H3. The lowest BCUT2D eigenvalue weighted by atomic mass is 10.1. The summed E-state index contributed by atoms with van der Waals surface area (Å²) in [5.41, 5.74) is 3.12. The van der Waals surface area contributed by atoms with E-state index in [1.165, 1.54) is 4.90 Å². The second kappa shape index (κ2) is 6.01. The zero-order valence-electron chi connectivity index (χ0n) is 13.7. The van der Waals surface area contributed by atoms with Crippen LogP contribution in [0.5, 0.6) is 0 Å². The molecule has 2 heterocycles. The van der Waals surface area contributed by atoms with E-state index in [1.54, 1.807) is 24.3 Å². The third-order valence-corrected chi connectivity index (χ3v) is 4.26. The van der Waals surface area contributed by atoms with E-state index in [0.29, 0.717) is 17.7 Å². The quantitative estimate of drug-likeness (QED) is 0.795. The van der Waals surface area contributed by atoms with Crippen molar-refractivity contribution in [2.75, 3.05) is 20.6 Å². The lowest BCUT2D eigenvalue weighted by Gasteiger charge is -2.18. The van der Waals surface area contributed by atoms with Crippen molar-refractivity contribution in [3.63, 3.8) is 0 Å². The lowest BCUT2D eigenvalue weighted by Crippen LogP contribution is -2.30. The number of carbonyl (C=O) groups excluding carboxylic acids is 2. The molecular weight excluding hydrogens is 290 g/mol. The molecule has 5 nitrogen and oxygen atoms in total. The Morgan fingerprint density at radius 1 is 0.957 bits per heavy atom. The van der Waals surface area contributed by atoms with Crippen molar-refractivity contribution < 1.29 is 9.59 Å². The van der Waals surface area contributed by atoms with Gasteiger partial charge in [0.1, 0.15) is 0 Å². The minimum absolute atomic E-state index is 0.205. The molecule has 5 heteroatoms. The molecule has 0 atom stereocenters. The molecule has 0 aliphatic carbocycles. The topological polar surface area (TPSA) is 45.6 Å². The van der Waals surface area contributed by atoms with Gasteiger partial charge in [-0.1, -0.05) is 12.1 Å². The molecule has 1 aliphatic heterocycles. The van der Waals surface area contributed by atoms with Crippen LogP contribution in [0.15, 0.2) is 36.4 Å². The van der Waals surface area contributed by atoms with Gasteiger partial charge in [0.15, 0.2) is 0 Å². The number of imide groups is 1. The van der Waals surface area contributed by atoms with Gasteiger partial charge in [0.2, 0.25) is 0 Å². The van der Waals surface area contributed by atoms with Crippen molar-refractivity contribution in [1.29, 1.82) is 0 Å². The smallest absolute Gasteiger partial charge is 0.261 e. The Balaban J connectivity index is 1.84. The normalized spacial score (nSPS) is 14.0. The summed E-state index contributed by atoms with van der Waals surface area (Å²) >= 11 is 0. The molecule has 0 spiro atoms. The maximum Gasteiger partial charge on any atom is 0.261 e. The van der Waals surface area contributed by atoms with E-state index in [-0.39, 0.29) is 11.8 Å². The predicted octanol–water partition coefficient (Wildman–Crippen LogP) is 2.15. The number of fused-ring (bicyclic) bond motifs is 1. The number of likely N-dealkylation sites (N-methyl/N-ethyl adjacent to an activating group) is 1. The predicted molar refractivity (Wildman–Crippen MR) is 88.4 cm³/mol. The van der Waals surface area contributed by atoms with E-state index >= 15 is 0 Å². The van der Waals surface area contributed by atoms with E-state index < -0.39 is 0 Å². The van der Waals surface area contributed by atoms with E-state index in [4.69, 9.17) is 0 Å². The molecule has 1 aromatic carbocycles. The fourth-order valence-corrected chi connectivity index (χ4v) is 2.93. The average Bonchev–Trinajstić information content (AvgIpc) is 2.99. The average molecular weight is 311 g/mol. The summed E-state index contributed by atoms with van der Waals surface area (Å²) in [7, 11) is 4.06. The minimum atomic E-state index is -0.205. The number of rotatable bonds is 5. The van der Waals surface area contributed by atoms with Gasteiger partial charge in [-0.25, -0.2) is 0 Å². The molecule has 0 saturated carbocycles. The van der Waals surface area contributed by atoms with Gasteiger partial charge in [-0.15, -0.1) is 0 Å². The molecule has 0 fully saturated rings. The van der Waals surface area contributed by atoms with Crippen LogP contribution in [0.1, 0.15) is 32.1 Å². The van der Waals surface area contributed by atoms with Crippen LogP contribution in [0, 0.1) is 6.92 Å². The molecule has 0 unspecified atom stereocenters. The highest BCUT2D eigenvalue weighted by molar-refractivity contribution is 6.21. The maximum absolute atomic E-state index is 12.5. The Bertz CT molecular complexity index is 726. The summed E-state index contributed by atoms with van der Waals surface area (Å²) in [4.78, 5) is 28.4. The van der Waals surface area contributed by atoms with Crippen LogP contribution in [0.25, 0.3) is 0 Å². The summed E-state index contributed by atoms with van der Waals surface area (Å²) in [5.74, 6) is -0.410. The van der Waals surface area contributed by atoms with Crippen molar-refractivity contribution in [2.45, 2.75) is 20.0 Å². The molecule has 1 aliphatic rings. The molecule has 2 aromatic rings. The summed E-state index contributed by atoms with van der Waals surface area (Å²) in [6.07, 6.45) is 0. The van der Waals surface area contributed by atoms with Gasteiger partial charge in [-0.05, 0) is 45.3 Å². The number of carbonyl (C=O) groups is 2. The third kappa shape index (κ3) is 2.80. The highest BCUT2D eigenvalue weighted by Crippen LogP contribution is 2.24. The number of hydrogen-bond donors (Lipinski definition) is 0. The largest absolute Gasteiger partial charge is 0.346 e. The number of hydrogen-bond acceptors (Lipinski definition) is 3. The van der Waals surface area contributed by atoms with Crippen molar-refractivity contribution >= 4 is 11.8 Å². The van der Waals surface area contributed by atoms with Gasteiger partial charge in [0.25, 0.3) is 11.8 Å². The summed E-state index contributed by atoms with van der Waals surface area (Å²) < 4.78 is 2.17. The second-order valence-corrected chi connectivity index (χ2v) is 6.16. The van der Waals surface area contributed by atoms with Crippen LogP contribution in [0.4, 0.5) is 0 Å². The molecule has 23 heavy (non-hydrogen) atoms. The van der Waals surface area contributed by atoms with Crippen LogP contribution in [0.2, 0.25) is 0 Å². The minimum Gasteiger partial charge on any atom is -0.346 e. The van der Waals surface area contributed by atoms with Crippen LogP contribution in [-0.4, -0.2) is 46.8 Å². The zero-order chi connectivity index (χ0) is 16.6. The van der Waals surface area contributed by atoms with Crippen molar-refractivity contribution in [3.05, 3.63) is 58.9 Å². The van der Waals surface area contributed by atoms with E-state index in [0.717, 1.165) is 24.5 Å². The number of aryl methyl sites for hydroxylation is 1. The lowest BCUT2D eigenvalue weighted by molar-refractivity contribution is 0.0638. The van der Waals surface area contributed by atoms with Gasteiger partial charge in [-0.3, -0.25) is 14.5 Å². The molecule has 0 N–H and O–H groups in total. The van der Waals surface area contributed by atoms with E-state index in [9.17, 15) is 9.59 Å². The van der Waals surface area contributed by atoms with E-state index in [2.05, 4.69) is 9.47 Å². The summed E-state index contributed by atoms with van der Waals surface area (Å²) in [5, 5.41) is 0. The highest BCUT2D eigenvalue weighted by atomic mass is 16.2. The fraction of sp³-hybridized carbons (Fsp3) is 0.333. The Labute approximate surface area is 136 Å². The third-order valence-electron chi connectivity index (χ3n) is 4.26. The molecule has 3 rings (SSSR count). The van der Waals surface area contributed by atoms with E-state index in [1.807, 2.05) is 33.2 Å². The van der Waals surface area contributed by atoms with Crippen LogP contribution >= 0.6 is 0 Å². The van der Waals surface area contributed by atoms with Gasteiger partial charge >= 0.3 is 0 Å². The SMILES string of the molecule is Cc1ccc(CN2C(=O)c3ccccc3C2=O)n1CCN(C)C. The van der Waals surface area contributed by atoms with Gasteiger partial charge in [-0.2, -0.15) is 0 Å². The van der Waals surface area contributed by atoms with Crippen LogP contribution in [0.3, 0.4) is 0 Å². The Morgan fingerprint density at radius 2 is 1.57 bits per heavy atom. The summed E-state index contributed by atoms with van der Waals surface area (Å²) in [6.45, 7) is 4.10. The van der Waals surface area contributed by atoms with Gasteiger partial charge in [0.05, 0.1) is 17.7 Å². The first-order chi connectivity index (χ1) is 11.0. The van der Waals surface area contributed by atoms with Crippen LogP contribution < -0.4 is 0 Å². The molecule has 0 radical (unpaired) electrons. The first kappa shape index (κ1) is 15.5. The van der Waals surface area contributed by atoms with Gasteiger partial charge < -0.3 is 9.47 Å². The molecular formula is C18H21N3O2. The maximum atomic E-state index is 12.5. The van der Waals surface area contributed by atoms with Gasteiger partial charge in [0, 0.05) is 24.5 Å². The number of aromatic nitrogens is 1. The molecule has 0 bridgehead atoms. The van der Waals surface area contributed by atoms with Crippen molar-refractivity contribution in [1.82, 2.24) is 14.4 Å². The molecule has 2 amide bonds. The number of amides is 2. The molecule has 0 saturated heterocycles. The highest BCUT2D eigenvalue weighted by Gasteiger charge is 2.35.